The number of carbonyl (C=O) groups is 1. The van der Waals surface area contributed by atoms with Crippen molar-refractivity contribution in [1.29, 1.82) is 0 Å². The molecular formula is C19H13N3O4. The molecule has 2 aromatic carbocycles. The van der Waals surface area contributed by atoms with Crippen molar-refractivity contribution in [2.45, 2.75) is 6.92 Å². The van der Waals surface area contributed by atoms with Gasteiger partial charge >= 0.3 is 5.97 Å². The van der Waals surface area contributed by atoms with Gasteiger partial charge < -0.3 is 13.6 Å². The van der Waals surface area contributed by atoms with Crippen molar-refractivity contribution >= 4 is 5.97 Å². The van der Waals surface area contributed by atoms with E-state index < -0.39 is 5.97 Å². The molecule has 0 bridgehead atoms. The van der Waals surface area contributed by atoms with Gasteiger partial charge in [-0.3, -0.25) is 0 Å². The minimum Gasteiger partial charge on any atom is -0.440 e. The summed E-state index contributed by atoms with van der Waals surface area (Å²) in [7, 11) is 0. The number of benzene rings is 2. The van der Waals surface area contributed by atoms with Gasteiger partial charge in [-0.05, 0) is 24.3 Å². The lowest BCUT2D eigenvalue weighted by Gasteiger charge is -2.04. The second-order valence-electron chi connectivity index (χ2n) is 5.43. The van der Waals surface area contributed by atoms with Gasteiger partial charge in [0, 0.05) is 18.1 Å². The summed E-state index contributed by atoms with van der Waals surface area (Å²) in [5.41, 5.74) is 1.62. The maximum Gasteiger partial charge on any atom is 0.366 e. The molecule has 0 radical (unpaired) electrons. The molecule has 0 aliphatic carbocycles. The first-order chi connectivity index (χ1) is 12.7. The van der Waals surface area contributed by atoms with Gasteiger partial charge in [-0.2, -0.15) is 0 Å². The van der Waals surface area contributed by atoms with Crippen LogP contribution in [0.4, 0.5) is 0 Å². The average molecular weight is 347 g/mol. The first-order valence-electron chi connectivity index (χ1n) is 7.82. The third-order valence-corrected chi connectivity index (χ3v) is 3.64. The van der Waals surface area contributed by atoms with Crippen LogP contribution in [-0.2, 0) is 0 Å². The highest BCUT2D eigenvalue weighted by Crippen LogP contribution is 2.26. The molecule has 0 aliphatic rings. The molecule has 2 heterocycles. The topological polar surface area (TPSA) is 91.2 Å². The van der Waals surface area contributed by atoms with Crippen molar-refractivity contribution < 1.29 is 18.4 Å². The molecule has 0 spiro atoms. The summed E-state index contributed by atoms with van der Waals surface area (Å²) in [6.45, 7) is 1.68. The van der Waals surface area contributed by atoms with Gasteiger partial charge in [-0.15, -0.1) is 10.2 Å². The van der Waals surface area contributed by atoms with E-state index in [4.69, 9.17) is 13.6 Å². The minimum atomic E-state index is -0.591. The van der Waals surface area contributed by atoms with Crippen molar-refractivity contribution in [2.75, 3.05) is 0 Å². The molecule has 4 rings (SSSR count). The number of oxazole rings is 1. The average Bonchev–Trinajstić information content (AvgIpc) is 3.33. The predicted octanol–water partition coefficient (Wildman–Crippen LogP) is 3.92. The summed E-state index contributed by atoms with van der Waals surface area (Å²) in [5.74, 6) is 0.948. The van der Waals surface area contributed by atoms with Crippen LogP contribution in [0.1, 0.15) is 16.4 Å². The van der Waals surface area contributed by atoms with Crippen LogP contribution in [-0.4, -0.2) is 21.2 Å². The van der Waals surface area contributed by atoms with Crippen molar-refractivity contribution in [2.24, 2.45) is 0 Å². The molecule has 0 atom stereocenters. The second kappa shape index (κ2) is 6.64. The quantitative estimate of drug-likeness (QED) is 0.408. The van der Waals surface area contributed by atoms with Crippen LogP contribution in [0.15, 0.2) is 69.8 Å². The van der Waals surface area contributed by atoms with Crippen LogP contribution < -0.4 is 4.74 Å². The predicted molar refractivity (Wildman–Crippen MR) is 91.4 cm³/mol. The third kappa shape index (κ3) is 3.10. The molecular weight excluding hydrogens is 334 g/mol. The Labute approximate surface area is 148 Å². The zero-order chi connectivity index (χ0) is 17.9. The summed E-state index contributed by atoms with van der Waals surface area (Å²) in [5, 5.41) is 7.45. The van der Waals surface area contributed by atoms with Crippen molar-refractivity contribution in [3.8, 4) is 28.5 Å². The number of carbonyl (C=O) groups excluding carboxylic acids is 1. The van der Waals surface area contributed by atoms with Gasteiger partial charge in [0.2, 0.25) is 12.3 Å². The molecule has 2 aromatic heterocycles. The molecule has 0 saturated carbocycles. The van der Waals surface area contributed by atoms with Crippen LogP contribution in [0.2, 0.25) is 0 Å². The SMILES string of the molecule is Cc1nc(C(=O)Oc2ccc(-c3nnco3)cc2)c(-c2ccccc2)o1. The van der Waals surface area contributed by atoms with Gasteiger partial charge in [0.05, 0.1) is 0 Å². The molecule has 7 heteroatoms. The number of rotatable bonds is 4. The Bertz CT molecular complexity index is 1020. The zero-order valence-electron chi connectivity index (χ0n) is 13.7. The van der Waals surface area contributed by atoms with E-state index in [0.29, 0.717) is 23.3 Å². The van der Waals surface area contributed by atoms with Gasteiger partial charge in [0.1, 0.15) is 5.75 Å². The largest absolute Gasteiger partial charge is 0.440 e. The number of hydrogen-bond acceptors (Lipinski definition) is 7. The highest BCUT2D eigenvalue weighted by Gasteiger charge is 2.22. The number of aromatic nitrogens is 3. The summed E-state index contributed by atoms with van der Waals surface area (Å²) < 4.78 is 16.1. The molecule has 4 aromatic rings. The standard InChI is InChI=1S/C19H13N3O4/c1-12-21-16(17(25-12)13-5-3-2-4-6-13)19(23)26-15-9-7-14(8-10-15)18-22-20-11-24-18/h2-11H,1H3. The van der Waals surface area contributed by atoms with E-state index in [9.17, 15) is 4.79 Å². The van der Waals surface area contributed by atoms with Crippen molar-refractivity contribution in [1.82, 2.24) is 15.2 Å². The fourth-order valence-corrected chi connectivity index (χ4v) is 2.47. The number of esters is 1. The van der Waals surface area contributed by atoms with E-state index in [0.717, 1.165) is 11.1 Å². The minimum absolute atomic E-state index is 0.134. The highest BCUT2D eigenvalue weighted by atomic mass is 16.5. The summed E-state index contributed by atoms with van der Waals surface area (Å²) in [4.78, 5) is 16.7. The first kappa shape index (κ1) is 15.8. The van der Waals surface area contributed by atoms with Gasteiger partial charge in [-0.1, -0.05) is 30.3 Å². The summed E-state index contributed by atoms with van der Waals surface area (Å²) in [6.07, 6.45) is 1.25. The highest BCUT2D eigenvalue weighted by molar-refractivity contribution is 5.95. The molecule has 26 heavy (non-hydrogen) atoms. The number of aryl methyl sites for hydroxylation is 1. The van der Waals surface area contributed by atoms with E-state index in [-0.39, 0.29) is 5.69 Å². The van der Waals surface area contributed by atoms with Crippen molar-refractivity contribution in [3.05, 3.63) is 72.6 Å². The Morgan fingerprint density at radius 2 is 1.77 bits per heavy atom. The number of ether oxygens (including phenoxy) is 1. The van der Waals surface area contributed by atoms with E-state index in [1.165, 1.54) is 6.39 Å². The Morgan fingerprint density at radius 1 is 1.00 bits per heavy atom. The van der Waals surface area contributed by atoms with Gasteiger partial charge in [0.15, 0.2) is 17.3 Å². The normalized spacial score (nSPS) is 10.7. The number of nitrogens with zero attached hydrogens (tertiary/aromatic N) is 3. The van der Waals surface area contributed by atoms with E-state index in [1.54, 1.807) is 31.2 Å². The van der Waals surface area contributed by atoms with Crippen LogP contribution in [0.5, 0.6) is 5.75 Å². The second-order valence-corrected chi connectivity index (χ2v) is 5.43. The molecule has 128 valence electrons. The van der Waals surface area contributed by atoms with Gasteiger partial charge in [0.25, 0.3) is 0 Å². The fraction of sp³-hybridized carbons (Fsp3) is 0.0526. The molecule has 0 fully saturated rings. The smallest absolute Gasteiger partial charge is 0.366 e. The molecule has 0 N–H and O–H groups in total. The third-order valence-electron chi connectivity index (χ3n) is 3.64. The number of hydrogen-bond donors (Lipinski definition) is 0. The Balaban J connectivity index is 1.57. The maximum atomic E-state index is 12.5. The monoisotopic (exact) mass is 347 g/mol. The molecule has 0 unspecified atom stereocenters. The van der Waals surface area contributed by atoms with E-state index in [2.05, 4.69) is 15.2 Å². The first-order valence-corrected chi connectivity index (χ1v) is 7.82. The lowest BCUT2D eigenvalue weighted by atomic mass is 10.1. The summed E-state index contributed by atoms with van der Waals surface area (Å²) >= 11 is 0. The fourth-order valence-electron chi connectivity index (χ4n) is 2.47. The van der Waals surface area contributed by atoms with Crippen LogP contribution in [0.3, 0.4) is 0 Å². The van der Waals surface area contributed by atoms with E-state index in [1.807, 2.05) is 30.3 Å². The van der Waals surface area contributed by atoms with Crippen LogP contribution in [0, 0.1) is 6.92 Å². The molecule has 0 saturated heterocycles. The lowest BCUT2D eigenvalue weighted by Crippen LogP contribution is -2.10. The van der Waals surface area contributed by atoms with Crippen LogP contribution in [0.25, 0.3) is 22.8 Å². The van der Waals surface area contributed by atoms with Gasteiger partial charge in [-0.25, -0.2) is 9.78 Å². The molecule has 0 amide bonds. The van der Waals surface area contributed by atoms with E-state index >= 15 is 0 Å². The molecule has 0 aliphatic heterocycles. The van der Waals surface area contributed by atoms with Crippen molar-refractivity contribution in [3.63, 3.8) is 0 Å². The zero-order valence-corrected chi connectivity index (χ0v) is 13.7. The summed E-state index contributed by atoms with van der Waals surface area (Å²) in [6, 6.07) is 16.0. The maximum absolute atomic E-state index is 12.5. The molecule has 7 nitrogen and oxygen atoms in total. The Kier molecular flexibility index (Phi) is 4.03. The Hall–Kier alpha value is -3.74. The van der Waals surface area contributed by atoms with Crippen LogP contribution >= 0.6 is 0 Å². The Morgan fingerprint density at radius 3 is 2.46 bits per heavy atom. The lowest BCUT2D eigenvalue weighted by molar-refractivity contribution is 0.0729.